The van der Waals surface area contributed by atoms with Gasteiger partial charge in [0.2, 0.25) is 0 Å². The second-order valence-electron chi connectivity index (χ2n) is 4.80. The van der Waals surface area contributed by atoms with E-state index in [-0.39, 0.29) is 0 Å². The molecule has 2 aromatic carbocycles. The summed E-state index contributed by atoms with van der Waals surface area (Å²) in [7, 11) is 0. The van der Waals surface area contributed by atoms with Crippen molar-refractivity contribution >= 4 is 39.8 Å². The molecule has 0 bridgehead atoms. The Labute approximate surface area is 139 Å². The van der Waals surface area contributed by atoms with Crippen molar-refractivity contribution in [1.29, 1.82) is 0 Å². The topological polar surface area (TPSA) is 17.8 Å². The molecule has 1 heterocycles. The van der Waals surface area contributed by atoms with Crippen LogP contribution in [0.2, 0.25) is 0 Å². The molecule has 0 fully saturated rings. The summed E-state index contributed by atoms with van der Waals surface area (Å²) in [5.41, 5.74) is 3.46. The molecule has 1 aromatic heterocycles. The van der Waals surface area contributed by atoms with Gasteiger partial charge in [0.05, 0.1) is 0 Å². The molecule has 0 spiro atoms. The van der Waals surface area contributed by atoms with E-state index < -0.39 is 0 Å². The predicted octanol–water partition coefficient (Wildman–Crippen LogP) is 2.91. The SMILES string of the molecule is Cc1nn(-c2ccc(Br)cc2)c(C)c1[Se]c1ccccc1. The van der Waals surface area contributed by atoms with Crippen LogP contribution in [0.1, 0.15) is 11.4 Å². The fourth-order valence-electron chi connectivity index (χ4n) is 2.22. The molecule has 21 heavy (non-hydrogen) atoms. The summed E-state index contributed by atoms with van der Waals surface area (Å²) in [6, 6.07) is 18.9. The second-order valence-corrected chi connectivity index (χ2v) is 7.99. The Morgan fingerprint density at radius 1 is 0.952 bits per heavy atom. The first-order valence-corrected chi connectivity index (χ1v) is 9.21. The fourth-order valence-corrected chi connectivity index (χ4v) is 4.48. The standard InChI is InChI=1S/C17H15BrN2Se/c1-12-17(21-16-6-4-3-5-7-16)13(2)20(19-12)15-10-8-14(18)9-11-15/h3-11H,1-2H3. The van der Waals surface area contributed by atoms with Crippen molar-refractivity contribution in [3.63, 3.8) is 0 Å². The van der Waals surface area contributed by atoms with Gasteiger partial charge in [-0.1, -0.05) is 0 Å². The van der Waals surface area contributed by atoms with E-state index >= 15 is 0 Å². The molecule has 3 aromatic rings. The van der Waals surface area contributed by atoms with Crippen molar-refractivity contribution in [2.75, 3.05) is 0 Å². The zero-order valence-corrected chi connectivity index (χ0v) is 15.2. The fraction of sp³-hybridized carbons (Fsp3) is 0.118. The molecule has 3 rings (SSSR count). The molecule has 4 heteroatoms. The Kier molecular flexibility index (Phi) is 4.29. The van der Waals surface area contributed by atoms with Gasteiger partial charge in [0.1, 0.15) is 0 Å². The number of rotatable bonds is 3. The number of nitrogens with zero attached hydrogens (tertiary/aromatic N) is 2. The summed E-state index contributed by atoms with van der Waals surface area (Å²) in [4.78, 5) is 0. The van der Waals surface area contributed by atoms with Crippen LogP contribution in [0.3, 0.4) is 0 Å². The van der Waals surface area contributed by atoms with Gasteiger partial charge in [0.25, 0.3) is 0 Å². The molecule has 0 aliphatic rings. The number of benzene rings is 2. The first-order valence-electron chi connectivity index (χ1n) is 6.70. The summed E-state index contributed by atoms with van der Waals surface area (Å²) in [5.74, 6) is 0. The molecule has 0 radical (unpaired) electrons. The van der Waals surface area contributed by atoms with E-state index in [1.807, 2.05) is 16.8 Å². The number of hydrogen-bond acceptors (Lipinski definition) is 1. The van der Waals surface area contributed by atoms with Crippen LogP contribution in [0.15, 0.2) is 59.1 Å². The molecular formula is C17H15BrN2Se. The van der Waals surface area contributed by atoms with E-state index in [0.29, 0.717) is 15.0 Å². The third-order valence-corrected chi connectivity index (χ3v) is 6.52. The maximum atomic E-state index is 4.72. The molecule has 0 atom stereocenters. The molecule has 0 N–H and O–H groups in total. The van der Waals surface area contributed by atoms with Crippen LogP contribution in [0.5, 0.6) is 0 Å². The third kappa shape index (κ3) is 3.13. The first kappa shape index (κ1) is 14.6. The van der Waals surface area contributed by atoms with Crippen LogP contribution in [-0.2, 0) is 0 Å². The minimum absolute atomic E-state index is 0.295. The Morgan fingerprint density at radius 3 is 2.29 bits per heavy atom. The molecule has 0 unspecified atom stereocenters. The van der Waals surface area contributed by atoms with Gasteiger partial charge in [0, 0.05) is 0 Å². The van der Waals surface area contributed by atoms with Crippen LogP contribution in [0, 0.1) is 13.8 Å². The Bertz CT molecular complexity index is 748. The van der Waals surface area contributed by atoms with Crippen LogP contribution in [0.4, 0.5) is 0 Å². The predicted molar refractivity (Wildman–Crippen MR) is 92.2 cm³/mol. The number of aryl methyl sites for hydroxylation is 1. The Balaban J connectivity index is 1.98. The van der Waals surface area contributed by atoms with Crippen molar-refractivity contribution in [2.24, 2.45) is 0 Å². The van der Waals surface area contributed by atoms with Gasteiger partial charge in [-0.15, -0.1) is 0 Å². The van der Waals surface area contributed by atoms with Gasteiger partial charge in [0.15, 0.2) is 0 Å². The average Bonchev–Trinajstić information content (AvgIpc) is 2.77. The van der Waals surface area contributed by atoms with E-state index in [4.69, 9.17) is 5.10 Å². The summed E-state index contributed by atoms with van der Waals surface area (Å²) in [6.07, 6.45) is 0. The van der Waals surface area contributed by atoms with E-state index in [1.54, 1.807) is 0 Å². The first-order chi connectivity index (χ1) is 10.1. The number of halogens is 1. The summed E-state index contributed by atoms with van der Waals surface area (Å²) >= 11 is 3.77. The van der Waals surface area contributed by atoms with E-state index in [0.717, 1.165) is 15.9 Å². The zero-order valence-electron chi connectivity index (χ0n) is 11.9. The number of aromatic nitrogens is 2. The quantitative estimate of drug-likeness (QED) is 0.612. The van der Waals surface area contributed by atoms with E-state index in [2.05, 4.69) is 72.2 Å². The molecular weight excluding hydrogens is 391 g/mol. The van der Waals surface area contributed by atoms with Crippen molar-refractivity contribution in [3.8, 4) is 5.69 Å². The van der Waals surface area contributed by atoms with Crippen molar-refractivity contribution in [2.45, 2.75) is 13.8 Å². The normalized spacial score (nSPS) is 10.8. The number of hydrogen-bond donors (Lipinski definition) is 0. The van der Waals surface area contributed by atoms with E-state index in [9.17, 15) is 0 Å². The third-order valence-electron chi connectivity index (χ3n) is 3.26. The average molecular weight is 406 g/mol. The van der Waals surface area contributed by atoms with Crippen molar-refractivity contribution in [3.05, 3.63) is 70.5 Å². The van der Waals surface area contributed by atoms with Gasteiger partial charge in [-0.3, -0.25) is 0 Å². The molecule has 2 nitrogen and oxygen atoms in total. The molecule has 0 aliphatic heterocycles. The van der Waals surface area contributed by atoms with Crippen LogP contribution in [0.25, 0.3) is 5.69 Å². The Hall–Kier alpha value is -1.35. The minimum atomic E-state index is 0.295. The van der Waals surface area contributed by atoms with Crippen LogP contribution in [-0.4, -0.2) is 24.7 Å². The molecule has 0 aliphatic carbocycles. The van der Waals surface area contributed by atoms with Gasteiger partial charge in [-0.05, 0) is 0 Å². The van der Waals surface area contributed by atoms with Gasteiger partial charge < -0.3 is 0 Å². The van der Waals surface area contributed by atoms with Crippen LogP contribution < -0.4 is 8.92 Å². The van der Waals surface area contributed by atoms with Gasteiger partial charge in [-0.2, -0.15) is 0 Å². The summed E-state index contributed by atoms with van der Waals surface area (Å²) in [6.45, 7) is 4.25. The molecule has 0 saturated heterocycles. The second kappa shape index (κ2) is 6.18. The Morgan fingerprint density at radius 2 is 1.62 bits per heavy atom. The van der Waals surface area contributed by atoms with Gasteiger partial charge in [-0.25, -0.2) is 0 Å². The maximum absolute atomic E-state index is 4.72. The monoisotopic (exact) mass is 406 g/mol. The van der Waals surface area contributed by atoms with Crippen LogP contribution >= 0.6 is 15.9 Å². The summed E-state index contributed by atoms with van der Waals surface area (Å²) in [5, 5.41) is 4.72. The van der Waals surface area contributed by atoms with E-state index in [1.165, 1.54) is 14.6 Å². The molecule has 106 valence electrons. The molecule has 0 amide bonds. The summed E-state index contributed by atoms with van der Waals surface area (Å²) < 4.78 is 5.88. The molecule has 0 saturated carbocycles. The van der Waals surface area contributed by atoms with Crippen molar-refractivity contribution < 1.29 is 0 Å². The van der Waals surface area contributed by atoms with Crippen molar-refractivity contribution in [1.82, 2.24) is 9.78 Å². The van der Waals surface area contributed by atoms with Gasteiger partial charge >= 0.3 is 140 Å². The zero-order chi connectivity index (χ0) is 14.8.